The first kappa shape index (κ1) is 11.0. The molecule has 1 nitrogen and oxygen atoms in total. The van der Waals surface area contributed by atoms with Crippen molar-refractivity contribution in [3.8, 4) is 0 Å². The number of hydrogen-bond acceptors (Lipinski definition) is 2. The van der Waals surface area contributed by atoms with Gasteiger partial charge in [0.2, 0.25) is 0 Å². The van der Waals surface area contributed by atoms with Gasteiger partial charge in [0.1, 0.15) is 0 Å². The van der Waals surface area contributed by atoms with E-state index in [0.717, 1.165) is 5.75 Å². The van der Waals surface area contributed by atoms with Gasteiger partial charge in [-0.15, -0.1) is 11.8 Å². The molecule has 0 saturated heterocycles. The molecule has 0 spiro atoms. The summed E-state index contributed by atoms with van der Waals surface area (Å²) in [5, 5.41) is 10.4. The van der Waals surface area contributed by atoms with Gasteiger partial charge in [-0.2, -0.15) is 0 Å². The molecule has 1 aromatic rings. The smallest absolute Gasteiger partial charge is 0.0936 e. The molecule has 0 saturated carbocycles. The van der Waals surface area contributed by atoms with Crippen LogP contribution in [0.2, 0.25) is 0 Å². The van der Waals surface area contributed by atoms with Crippen molar-refractivity contribution in [1.29, 1.82) is 0 Å². The minimum atomic E-state index is -0.342. The molecule has 0 aromatic heterocycles. The normalized spacial score (nSPS) is 23.7. The highest BCUT2D eigenvalue weighted by molar-refractivity contribution is 7.99. The minimum Gasteiger partial charge on any atom is -0.387 e. The lowest BCUT2D eigenvalue weighted by atomic mass is 9.88. The van der Waals surface area contributed by atoms with Gasteiger partial charge in [-0.05, 0) is 49.9 Å². The average Bonchev–Trinajstić information content (AvgIpc) is 2.16. The molecule has 1 atom stereocenters. The first-order chi connectivity index (χ1) is 6.93. The maximum atomic E-state index is 10.4. The van der Waals surface area contributed by atoms with Gasteiger partial charge in [0.05, 0.1) is 6.10 Å². The third-order valence-corrected chi connectivity index (χ3v) is 4.73. The van der Waals surface area contributed by atoms with E-state index in [-0.39, 0.29) is 10.9 Å². The lowest BCUT2D eigenvalue weighted by Gasteiger charge is -2.37. The van der Waals surface area contributed by atoms with Crippen LogP contribution in [0.5, 0.6) is 0 Å². The molecule has 15 heavy (non-hydrogen) atoms. The molecule has 82 valence electrons. The number of aliphatic hydroxyl groups excluding tert-OH is 1. The summed E-state index contributed by atoms with van der Waals surface area (Å²) in [6.45, 7) is 8.46. The van der Waals surface area contributed by atoms with E-state index in [9.17, 15) is 5.11 Å². The zero-order chi connectivity index (χ0) is 11.2. The van der Waals surface area contributed by atoms with Crippen molar-refractivity contribution in [3.63, 3.8) is 0 Å². The summed E-state index contributed by atoms with van der Waals surface area (Å²) in [5.41, 5.74) is 5.03. The Kier molecular flexibility index (Phi) is 2.60. The molecule has 1 aliphatic heterocycles. The van der Waals surface area contributed by atoms with Crippen LogP contribution in [0, 0.1) is 13.8 Å². The van der Waals surface area contributed by atoms with Crippen molar-refractivity contribution >= 4 is 11.8 Å². The summed E-state index contributed by atoms with van der Waals surface area (Å²) in [6, 6.07) is 4.27. The predicted molar refractivity (Wildman–Crippen MR) is 66.2 cm³/mol. The second kappa shape index (κ2) is 3.53. The van der Waals surface area contributed by atoms with Gasteiger partial charge >= 0.3 is 0 Å². The Morgan fingerprint density at radius 2 is 1.87 bits per heavy atom. The van der Waals surface area contributed by atoms with Gasteiger partial charge in [0.15, 0.2) is 0 Å². The Morgan fingerprint density at radius 3 is 2.53 bits per heavy atom. The highest BCUT2D eigenvalue weighted by Gasteiger charge is 2.36. The van der Waals surface area contributed by atoms with Crippen LogP contribution in [-0.4, -0.2) is 9.85 Å². The largest absolute Gasteiger partial charge is 0.387 e. The van der Waals surface area contributed by atoms with Crippen molar-refractivity contribution in [1.82, 2.24) is 0 Å². The molecule has 1 N–H and O–H groups in total. The Bertz CT molecular complexity index is 396. The van der Waals surface area contributed by atoms with Crippen LogP contribution in [0.1, 0.15) is 42.2 Å². The van der Waals surface area contributed by atoms with Crippen LogP contribution in [-0.2, 0) is 5.75 Å². The van der Waals surface area contributed by atoms with E-state index in [1.165, 1.54) is 22.3 Å². The van der Waals surface area contributed by atoms with Crippen LogP contribution in [0.4, 0.5) is 0 Å². The predicted octanol–water partition coefficient (Wildman–Crippen LogP) is 3.36. The summed E-state index contributed by atoms with van der Waals surface area (Å²) in [6.07, 6.45) is -0.342. The van der Waals surface area contributed by atoms with E-state index in [0.29, 0.717) is 0 Å². The highest BCUT2D eigenvalue weighted by atomic mass is 32.2. The van der Waals surface area contributed by atoms with Gasteiger partial charge in [-0.3, -0.25) is 0 Å². The fourth-order valence-electron chi connectivity index (χ4n) is 2.15. The van der Waals surface area contributed by atoms with Crippen LogP contribution in [0.25, 0.3) is 0 Å². The highest BCUT2D eigenvalue weighted by Crippen LogP contribution is 2.47. The monoisotopic (exact) mass is 222 g/mol. The Balaban J connectivity index is 2.60. The first-order valence-corrected chi connectivity index (χ1v) is 6.33. The number of aryl methyl sites for hydroxylation is 2. The number of benzene rings is 1. The second-order valence-corrected chi connectivity index (χ2v) is 6.52. The zero-order valence-electron chi connectivity index (χ0n) is 9.79. The molecule has 2 rings (SSSR count). The van der Waals surface area contributed by atoms with E-state index < -0.39 is 0 Å². The molecule has 0 amide bonds. The standard InChI is InChI=1S/C13H18OS/c1-8-5-6-9(2)11-10(8)7-15-13(3,4)12(11)14/h5-6,12,14H,7H2,1-4H3. The molecule has 0 aliphatic carbocycles. The summed E-state index contributed by atoms with van der Waals surface area (Å²) in [7, 11) is 0. The van der Waals surface area contributed by atoms with Crippen LogP contribution in [0.3, 0.4) is 0 Å². The summed E-state index contributed by atoms with van der Waals surface area (Å²) in [5.74, 6) is 1.02. The summed E-state index contributed by atoms with van der Waals surface area (Å²) >= 11 is 1.84. The Hall–Kier alpha value is -0.470. The number of thioether (sulfide) groups is 1. The molecule has 0 fully saturated rings. The fraction of sp³-hybridized carbons (Fsp3) is 0.538. The van der Waals surface area contributed by atoms with E-state index in [4.69, 9.17) is 0 Å². The molecule has 0 bridgehead atoms. The molecule has 1 unspecified atom stereocenters. The molecule has 0 radical (unpaired) electrons. The van der Waals surface area contributed by atoms with Crippen molar-refractivity contribution in [3.05, 3.63) is 34.4 Å². The van der Waals surface area contributed by atoms with Crippen molar-refractivity contribution in [2.24, 2.45) is 0 Å². The molecule has 1 aromatic carbocycles. The van der Waals surface area contributed by atoms with Crippen molar-refractivity contribution in [2.75, 3.05) is 0 Å². The summed E-state index contributed by atoms with van der Waals surface area (Å²) < 4.78 is -0.0639. The van der Waals surface area contributed by atoms with Gasteiger partial charge in [0.25, 0.3) is 0 Å². The van der Waals surface area contributed by atoms with E-state index in [2.05, 4.69) is 39.8 Å². The average molecular weight is 222 g/mol. The lowest BCUT2D eigenvalue weighted by Crippen LogP contribution is -2.31. The van der Waals surface area contributed by atoms with Crippen LogP contribution in [0.15, 0.2) is 12.1 Å². The minimum absolute atomic E-state index is 0.0639. The van der Waals surface area contributed by atoms with E-state index in [1.54, 1.807) is 0 Å². The van der Waals surface area contributed by atoms with Gasteiger partial charge in [-0.1, -0.05) is 12.1 Å². The van der Waals surface area contributed by atoms with E-state index >= 15 is 0 Å². The third-order valence-electron chi connectivity index (χ3n) is 3.33. The zero-order valence-corrected chi connectivity index (χ0v) is 10.6. The number of fused-ring (bicyclic) bond motifs is 1. The molecule has 1 aliphatic rings. The van der Waals surface area contributed by atoms with Gasteiger partial charge in [0, 0.05) is 10.5 Å². The topological polar surface area (TPSA) is 20.2 Å². The molecular weight excluding hydrogens is 204 g/mol. The molecule has 2 heteroatoms. The SMILES string of the molecule is Cc1ccc(C)c2c1CSC(C)(C)C2O. The maximum Gasteiger partial charge on any atom is 0.0936 e. The Labute approximate surface area is 95.9 Å². The number of aliphatic hydroxyl groups is 1. The van der Waals surface area contributed by atoms with Crippen molar-refractivity contribution < 1.29 is 5.11 Å². The maximum absolute atomic E-state index is 10.4. The summed E-state index contributed by atoms with van der Waals surface area (Å²) in [4.78, 5) is 0. The van der Waals surface area contributed by atoms with Gasteiger partial charge < -0.3 is 5.11 Å². The number of hydrogen-bond donors (Lipinski definition) is 1. The van der Waals surface area contributed by atoms with E-state index in [1.807, 2.05) is 11.8 Å². The quantitative estimate of drug-likeness (QED) is 0.726. The van der Waals surface area contributed by atoms with Crippen molar-refractivity contribution in [2.45, 2.75) is 44.3 Å². The van der Waals surface area contributed by atoms with Crippen LogP contribution >= 0.6 is 11.8 Å². The number of rotatable bonds is 0. The van der Waals surface area contributed by atoms with Gasteiger partial charge in [-0.25, -0.2) is 0 Å². The first-order valence-electron chi connectivity index (χ1n) is 5.34. The third kappa shape index (κ3) is 1.70. The Morgan fingerprint density at radius 1 is 1.27 bits per heavy atom. The molecular formula is C13H18OS. The second-order valence-electron chi connectivity index (χ2n) is 4.89. The molecule has 1 heterocycles. The fourth-order valence-corrected chi connectivity index (χ4v) is 3.32. The lowest BCUT2D eigenvalue weighted by molar-refractivity contribution is 0.140. The van der Waals surface area contributed by atoms with Crippen LogP contribution < -0.4 is 0 Å².